The lowest BCUT2D eigenvalue weighted by Crippen LogP contribution is -2.19. The van der Waals surface area contributed by atoms with E-state index in [0.717, 1.165) is 19.3 Å². The molecule has 0 radical (unpaired) electrons. The fraction of sp³-hybridized carbons (Fsp3) is 0.692. The number of nitrogens with zero attached hydrogens (tertiary/aromatic N) is 2. The van der Waals surface area contributed by atoms with Gasteiger partial charge >= 0.3 is 0 Å². The van der Waals surface area contributed by atoms with E-state index in [9.17, 15) is 4.79 Å². The minimum absolute atomic E-state index is 0.168. The highest BCUT2D eigenvalue weighted by atomic mass is 16.1. The summed E-state index contributed by atoms with van der Waals surface area (Å²) in [7, 11) is 0. The Hall–Kier alpha value is -1.12. The zero-order valence-electron chi connectivity index (χ0n) is 10.2. The summed E-state index contributed by atoms with van der Waals surface area (Å²) in [5.74, 6) is 0.495. The first-order valence-corrected chi connectivity index (χ1v) is 6.28. The maximum Gasteiger partial charge on any atom is 0.155 e. The molecule has 0 spiro atoms. The Morgan fingerprint density at radius 1 is 1.50 bits per heavy atom. The average Bonchev–Trinajstić information content (AvgIpc) is 2.72. The molecule has 0 saturated heterocycles. The van der Waals surface area contributed by atoms with Gasteiger partial charge in [-0.25, -0.2) is 4.98 Å². The van der Waals surface area contributed by atoms with Crippen LogP contribution in [-0.4, -0.2) is 15.3 Å². The van der Waals surface area contributed by atoms with Crippen LogP contribution in [0, 0.1) is 5.92 Å². The highest BCUT2D eigenvalue weighted by Crippen LogP contribution is 2.20. The first kappa shape index (κ1) is 11.4. The third kappa shape index (κ3) is 2.18. The van der Waals surface area contributed by atoms with E-state index in [1.54, 1.807) is 0 Å². The average molecular weight is 220 g/mol. The lowest BCUT2D eigenvalue weighted by molar-refractivity contribution is -0.123. The Kier molecular flexibility index (Phi) is 3.42. The Labute approximate surface area is 96.9 Å². The second kappa shape index (κ2) is 4.81. The van der Waals surface area contributed by atoms with Gasteiger partial charge in [-0.2, -0.15) is 0 Å². The van der Waals surface area contributed by atoms with E-state index in [1.807, 2.05) is 13.3 Å². The van der Waals surface area contributed by atoms with E-state index >= 15 is 0 Å². The van der Waals surface area contributed by atoms with Crippen LogP contribution in [0.4, 0.5) is 0 Å². The summed E-state index contributed by atoms with van der Waals surface area (Å²) in [6, 6.07) is 0. The summed E-state index contributed by atoms with van der Waals surface area (Å²) in [5, 5.41) is 0. The molecule has 0 fully saturated rings. The molecule has 1 heterocycles. The molecule has 0 aromatic carbocycles. The van der Waals surface area contributed by atoms with Gasteiger partial charge in [0.2, 0.25) is 0 Å². The molecule has 0 aliphatic heterocycles. The fourth-order valence-electron chi connectivity index (χ4n) is 2.22. The van der Waals surface area contributed by atoms with Crippen molar-refractivity contribution in [2.45, 2.75) is 52.5 Å². The van der Waals surface area contributed by atoms with Crippen LogP contribution >= 0.6 is 0 Å². The van der Waals surface area contributed by atoms with Gasteiger partial charge in [0, 0.05) is 11.6 Å². The van der Waals surface area contributed by atoms with Gasteiger partial charge < -0.3 is 4.57 Å². The Morgan fingerprint density at radius 2 is 2.25 bits per heavy atom. The number of aromatic nitrogens is 2. The minimum Gasteiger partial charge on any atom is -0.327 e. The van der Waals surface area contributed by atoms with Gasteiger partial charge in [0.05, 0.1) is 18.6 Å². The van der Waals surface area contributed by atoms with Crippen molar-refractivity contribution in [1.29, 1.82) is 0 Å². The molecule has 3 nitrogen and oxygen atoms in total. The summed E-state index contributed by atoms with van der Waals surface area (Å²) in [6.45, 7) is 4.58. The number of hydrogen-bond acceptors (Lipinski definition) is 2. The molecule has 1 aromatic heterocycles. The fourth-order valence-corrected chi connectivity index (χ4v) is 2.22. The maximum absolute atomic E-state index is 11.9. The Bertz CT molecular complexity index is 381. The second-order valence-electron chi connectivity index (χ2n) is 4.75. The van der Waals surface area contributed by atoms with Gasteiger partial charge in [-0.1, -0.05) is 13.8 Å². The van der Waals surface area contributed by atoms with Crippen LogP contribution in [-0.2, 0) is 24.2 Å². The molecule has 3 heteroatoms. The molecule has 0 saturated carbocycles. The van der Waals surface area contributed by atoms with Crippen LogP contribution in [0.1, 0.15) is 44.5 Å². The van der Waals surface area contributed by atoms with Crippen molar-refractivity contribution >= 4 is 5.78 Å². The maximum atomic E-state index is 11.9. The van der Waals surface area contributed by atoms with Crippen molar-refractivity contribution in [3.8, 4) is 0 Å². The first-order valence-electron chi connectivity index (χ1n) is 6.28. The number of hydrogen-bond donors (Lipinski definition) is 0. The molecule has 88 valence electrons. The van der Waals surface area contributed by atoms with Crippen LogP contribution in [0.2, 0.25) is 0 Å². The molecule has 0 bridgehead atoms. The molecule has 0 N–H and O–H groups in total. The molecule has 1 aliphatic carbocycles. The third-order valence-corrected chi connectivity index (χ3v) is 3.60. The highest BCUT2D eigenvalue weighted by molar-refractivity contribution is 5.80. The molecule has 1 atom stereocenters. The van der Waals surface area contributed by atoms with Crippen LogP contribution < -0.4 is 0 Å². The van der Waals surface area contributed by atoms with Crippen molar-refractivity contribution in [3.63, 3.8) is 0 Å². The Balaban J connectivity index is 2.10. The molecular weight excluding hydrogens is 200 g/mol. The monoisotopic (exact) mass is 220 g/mol. The van der Waals surface area contributed by atoms with Crippen molar-refractivity contribution in [3.05, 3.63) is 17.7 Å². The van der Waals surface area contributed by atoms with E-state index in [-0.39, 0.29) is 5.92 Å². The zero-order chi connectivity index (χ0) is 11.5. The number of rotatable bonds is 4. The molecule has 2 rings (SSSR count). The third-order valence-electron chi connectivity index (χ3n) is 3.60. The van der Waals surface area contributed by atoms with E-state index in [1.165, 1.54) is 24.2 Å². The highest BCUT2D eigenvalue weighted by Gasteiger charge is 2.18. The van der Waals surface area contributed by atoms with Gasteiger partial charge in [-0.3, -0.25) is 4.79 Å². The largest absolute Gasteiger partial charge is 0.327 e. The van der Waals surface area contributed by atoms with Crippen molar-refractivity contribution < 1.29 is 4.79 Å². The summed E-state index contributed by atoms with van der Waals surface area (Å²) in [5.41, 5.74) is 2.51. The second-order valence-corrected chi connectivity index (χ2v) is 4.75. The molecule has 1 unspecified atom stereocenters. The zero-order valence-corrected chi connectivity index (χ0v) is 10.2. The number of aryl methyl sites for hydroxylation is 1. The van der Waals surface area contributed by atoms with Gasteiger partial charge in [0.15, 0.2) is 5.78 Å². The predicted octanol–water partition coefficient (Wildman–Crippen LogP) is 2.38. The van der Waals surface area contributed by atoms with Gasteiger partial charge in [-0.05, 0) is 32.1 Å². The summed E-state index contributed by atoms with van der Waals surface area (Å²) in [4.78, 5) is 16.3. The molecule has 1 aliphatic rings. The van der Waals surface area contributed by atoms with Crippen LogP contribution in [0.3, 0.4) is 0 Å². The van der Waals surface area contributed by atoms with Crippen LogP contribution in [0.5, 0.6) is 0 Å². The van der Waals surface area contributed by atoms with Gasteiger partial charge in [0.1, 0.15) is 0 Å². The number of ketones is 1. The quantitative estimate of drug-likeness (QED) is 0.781. The first-order chi connectivity index (χ1) is 7.72. The Morgan fingerprint density at radius 3 is 3.00 bits per heavy atom. The number of imidazole rings is 1. The number of carbonyl (C=O) groups excluding carboxylic acids is 1. The van der Waals surface area contributed by atoms with Crippen molar-refractivity contribution in [2.24, 2.45) is 5.92 Å². The lowest BCUT2D eigenvalue weighted by Gasteiger charge is -2.14. The minimum atomic E-state index is 0.168. The number of Topliss-reactive ketones (excluding diaryl/α,β-unsaturated/α-hetero) is 1. The SMILES string of the molecule is CCC(C)C(=O)Cn1cnc2c1CCCC2. The van der Waals surface area contributed by atoms with Crippen molar-refractivity contribution in [1.82, 2.24) is 9.55 Å². The normalized spacial score (nSPS) is 16.9. The molecule has 1 aromatic rings. The summed E-state index contributed by atoms with van der Waals surface area (Å²) >= 11 is 0. The van der Waals surface area contributed by atoms with Crippen LogP contribution in [0.15, 0.2) is 6.33 Å². The van der Waals surface area contributed by atoms with E-state index in [2.05, 4.69) is 16.5 Å². The van der Waals surface area contributed by atoms with Crippen LogP contribution in [0.25, 0.3) is 0 Å². The lowest BCUT2D eigenvalue weighted by atomic mass is 10.0. The summed E-state index contributed by atoms with van der Waals surface area (Å²) in [6.07, 6.45) is 7.41. The van der Waals surface area contributed by atoms with Gasteiger partial charge in [0.25, 0.3) is 0 Å². The standard InChI is InChI=1S/C13H20N2O/c1-3-10(2)13(16)8-15-9-14-11-6-4-5-7-12(11)15/h9-10H,3-8H2,1-2H3. The van der Waals surface area contributed by atoms with E-state index in [0.29, 0.717) is 12.3 Å². The van der Waals surface area contributed by atoms with E-state index in [4.69, 9.17) is 0 Å². The number of carbonyl (C=O) groups is 1. The number of fused-ring (bicyclic) bond motifs is 1. The van der Waals surface area contributed by atoms with Gasteiger partial charge in [-0.15, -0.1) is 0 Å². The molecule has 16 heavy (non-hydrogen) atoms. The topological polar surface area (TPSA) is 34.9 Å². The molecule has 0 amide bonds. The van der Waals surface area contributed by atoms with E-state index < -0.39 is 0 Å². The predicted molar refractivity (Wildman–Crippen MR) is 63.3 cm³/mol. The smallest absolute Gasteiger partial charge is 0.155 e. The van der Waals surface area contributed by atoms with Crippen molar-refractivity contribution in [2.75, 3.05) is 0 Å². The molecular formula is C13H20N2O. The summed E-state index contributed by atoms with van der Waals surface area (Å²) < 4.78 is 2.06.